The van der Waals surface area contributed by atoms with Gasteiger partial charge in [-0.05, 0) is 38.1 Å². The first-order valence-electron chi connectivity index (χ1n) is 9.95. The van der Waals surface area contributed by atoms with Gasteiger partial charge in [-0.2, -0.15) is 0 Å². The first-order valence-corrected chi connectivity index (χ1v) is 9.95. The summed E-state index contributed by atoms with van der Waals surface area (Å²) in [5.41, 5.74) is 0. The van der Waals surface area contributed by atoms with Crippen molar-refractivity contribution in [1.29, 1.82) is 0 Å². The largest absolute Gasteiger partial charge is 0.489 e. The van der Waals surface area contributed by atoms with Crippen molar-refractivity contribution in [2.45, 2.75) is 25.8 Å². The first kappa shape index (κ1) is 26.3. The first-order chi connectivity index (χ1) is 13.9. The monoisotopic (exact) mass is 539 g/mol. The molecule has 1 aromatic rings. The number of likely N-dealkylation sites (N-methyl/N-ethyl adjacent to an activating group) is 2. The van der Waals surface area contributed by atoms with E-state index in [0.717, 1.165) is 38.2 Å². The molecule has 0 saturated carbocycles. The van der Waals surface area contributed by atoms with Gasteiger partial charge in [-0.3, -0.25) is 9.69 Å². The topological polar surface area (TPSA) is 69.2 Å². The van der Waals surface area contributed by atoms with Crippen molar-refractivity contribution in [3.63, 3.8) is 0 Å². The average molecular weight is 539 g/mol. The maximum absolute atomic E-state index is 13.6. The molecule has 7 nitrogen and oxygen atoms in total. The number of hydrogen-bond donors (Lipinski definition) is 2. The molecule has 0 spiro atoms. The summed E-state index contributed by atoms with van der Waals surface area (Å²) in [5.74, 6) is -0.996. The Hall–Kier alpha value is -1.69. The second kappa shape index (κ2) is 13.6. The summed E-state index contributed by atoms with van der Waals surface area (Å²) in [5, 5.41) is 6.39. The second-order valence-electron chi connectivity index (χ2n) is 7.11. The molecule has 0 aromatic heterocycles. The lowest BCUT2D eigenvalue weighted by Gasteiger charge is -2.24. The number of aliphatic imine (C=N–C) groups is 1. The Balaban J connectivity index is 0.00000450. The smallest absolute Gasteiger partial charge is 0.243 e. The van der Waals surface area contributed by atoms with Crippen LogP contribution in [0.2, 0.25) is 0 Å². The van der Waals surface area contributed by atoms with Gasteiger partial charge in [0.1, 0.15) is 19.0 Å². The molecule has 1 aliphatic heterocycles. The lowest BCUT2D eigenvalue weighted by molar-refractivity contribution is -0.127. The van der Waals surface area contributed by atoms with Crippen molar-refractivity contribution >= 4 is 35.8 Å². The van der Waals surface area contributed by atoms with Crippen LogP contribution in [-0.2, 0) is 4.79 Å². The van der Waals surface area contributed by atoms with Crippen molar-refractivity contribution in [1.82, 2.24) is 20.4 Å². The highest BCUT2D eigenvalue weighted by Gasteiger charge is 2.22. The fraction of sp³-hybridized carbons (Fsp3) is 0.600. The van der Waals surface area contributed by atoms with Gasteiger partial charge in [0.25, 0.3) is 0 Å². The van der Waals surface area contributed by atoms with Crippen LogP contribution in [0, 0.1) is 11.6 Å². The summed E-state index contributed by atoms with van der Waals surface area (Å²) in [6.07, 6.45) is 2.30. The Bertz CT molecular complexity index is 706. The number of carbonyl (C=O) groups is 1. The van der Waals surface area contributed by atoms with Gasteiger partial charge in [-0.15, -0.1) is 24.0 Å². The molecular formula is C20H32F2IN5O2. The van der Waals surface area contributed by atoms with E-state index in [1.54, 1.807) is 14.1 Å². The molecule has 1 heterocycles. The maximum atomic E-state index is 13.6. The molecule has 170 valence electrons. The van der Waals surface area contributed by atoms with E-state index in [9.17, 15) is 13.6 Å². The van der Waals surface area contributed by atoms with Gasteiger partial charge in [-0.25, -0.2) is 13.8 Å². The molecule has 2 rings (SSSR count). The van der Waals surface area contributed by atoms with Gasteiger partial charge in [0.2, 0.25) is 5.91 Å². The minimum Gasteiger partial charge on any atom is -0.489 e. The number of ether oxygens (including phenoxy) is 1. The number of halogens is 3. The minimum atomic E-state index is -0.741. The van der Waals surface area contributed by atoms with Gasteiger partial charge in [-0.1, -0.05) is 6.92 Å². The molecule has 0 aliphatic carbocycles. The highest BCUT2D eigenvalue weighted by atomic mass is 127. The van der Waals surface area contributed by atoms with Gasteiger partial charge in [0.15, 0.2) is 17.5 Å². The van der Waals surface area contributed by atoms with E-state index in [1.807, 2.05) is 0 Å². The second-order valence-corrected chi connectivity index (χ2v) is 7.11. The van der Waals surface area contributed by atoms with Crippen LogP contribution in [0.1, 0.15) is 19.8 Å². The van der Waals surface area contributed by atoms with E-state index in [0.29, 0.717) is 18.5 Å². The number of benzene rings is 1. The highest BCUT2D eigenvalue weighted by Crippen LogP contribution is 2.17. The van der Waals surface area contributed by atoms with E-state index in [2.05, 4.69) is 27.4 Å². The number of rotatable bonds is 9. The molecule has 0 bridgehead atoms. The number of nitrogens with one attached hydrogen (secondary N) is 2. The Kier molecular flexibility index (Phi) is 11.9. The van der Waals surface area contributed by atoms with E-state index >= 15 is 0 Å². The Morgan fingerprint density at radius 2 is 2.10 bits per heavy atom. The van der Waals surface area contributed by atoms with Crippen molar-refractivity contribution in [2.24, 2.45) is 4.99 Å². The van der Waals surface area contributed by atoms with Gasteiger partial charge in [0, 0.05) is 32.7 Å². The lowest BCUT2D eigenvalue weighted by atomic mass is 10.2. The fourth-order valence-corrected chi connectivity index (χ4v) is 3.14. The Labute approximate surface area is 194 Å². The van der Waals surface area contributed by atoms with Gasteiger partial charge < -0.3 is 20.3 Å². The molecule has 10 heteroatoms. The summed E-state index contributed by atoms with van der Waals surface area (Å²) in [4.78, 5) is 20.1. The molecule has 1 aromatic carbocycles. The average Bonchev–Trinajstić information content (AvgIpc) is 3.15. The summed E-state index contributed by atoms with van der Waals surface area (Å²) >= 11 is 0. The number of carbonyl (C=O) groups excluding carboxylic acids is 1. The van der Waals surface area contributed by atoms with Gasteiger partial charge >= 0.3 is 0 Å². The summed E-state index contributed by atoms with van der Waals surface area (Å²) in [6, 6.07) is 3.62. The quantitative estimate of drug-likeness (QED) is 0.218. The Morgan fingerprint density at radius 1 is 1.33 bits per heavy atom. The molecular weight excluding hydrogens is 507 g/mol. The van der Waals surface area contributed by atoms with Crippen molar-refractivity contribution in [2.75, 3.05) is 53.4 Å². The van der Waals surface area contributed by atoms with Crippen LogP contribution in [0.15, 0.2) is 23.2 Å². The molecule has 30 heavy (non-hydrogen) atoms. The molecule has 1 unspecified atom stereocenters. The normalized spacial score (nSPS) is 16.7. The highest BCUT2D eigenvalue weighted by molar-refractivity contribution is 14.0. The van der Waals surface area contributed by atoms with Crippen LogP contribution in [0.4, 0.5) is 8.78 Å². The number of amides is 1. The maximum Gasteiger partial charge on any atom is 0.243 e. The third-order valence-corrected chi connectivity index (χ3v) is 4.83. The molecule has 1 saturated heterocycles. The summed E-state index contributed by atoms with van der Waals surface area (Å²) in [6.45, 7) is 5.51. The number of guanidine groups is 1. The number of likely N-dealkylation sites (tertiary alicyclic amines) is 1. The number of hydrogen-bond acceptors (Lipinski definition) is 4. The zero-order chi connectivity index (χ0) is 21.2. The molecule has 2 N–H and O–H groups in total. The molecule has 1 atom stereocenters. The lowest BCUT2D eigenvalue weighted by Crippen LogP contribution is -2.46. The zero-order valence-electron chi connectivity index (χ0n) is 17.8. The van der Waals surface area contributed by atoms with E-state index in [1.165, 1.54) is 17.4 Å². The zero-order valence-corrected chi connectivity index (χ0v) is 20.1. The molecule has 1 amide bonds. The van der Waals surface area contributed by atoms with E-state index in [-0.39, 0.29) is 48.8 Å². The SMILES string of the molecule is CCN1CCCC1CNC(=NCC(=O)N(C)C)NCCOc1ccc(F)cc1F.I. The summed E-state index contributed by atoms with van der Waals surface area (Å²) < 4.78 is 31.9. The van der Waals surface area contributed by atoms with Crippen LogP contribution in [-0.4, -0.2) is 81.1 Å². The van der Waals surface area contributed by atoms with Gasteiger partial charge in [0.05, 0.1) is 6.54 Å². The van der Waals surface area contributed by atoms with Crippen LogP contribution >= 0.6 is 24.0 Å². The van der Waals surface area contributed by atoms with Crippen LogP contribution in [0.3, 0.4) is 0 Å². The predicted octanol–water partition coefficient (Wildman–Crippen LogP) is 2.07. The predicted molar refractivity (Wildman–Crippen MR) is 125 cm³/mol. The van der Waals surface area contributed by atoms with Crippen LogP contribution in [0.5, 0.6) is 5.75 Å². The van der Waals surface area contributed by atoms with Crippen molar-refractivity contribution in [3.05, 3.63) is 29.8 Å². The van der Waals surface area contributed by atoms with E-state index in [4.69, 9.17) is 4.74 Å². The van der Waals surface area contributed by atoms with Crippen LogP contribution in [0.25, 0.3) is 0 Å². The summed E-state index contributed by atoms with van der Waals surface area (Å²) in [7, 11) is 3.36. The fourth-order valence-electron chi connectivity index (χ4n) is 3.14. The third kappa shape index (κ3) is 8.58. The van der Waals surface area contributed by atoms with E-state index < -0.39 is 11.6 Å². The number of nitrogens with zero attached hydrogens (tertiary/aromatic N) is 3. The minimum absolute atomic E-state index is 0. The third-order valence-electron chi connectivity index (χ3n) is 4.83. The molecule has 1 aliphatic rings. The standard InChI is InChI=1S/C20H31F2N5O2.HI/c1-4-27-10-5-6-16(27)13-24-20(25-14-19(28)26(2)3)23-9-11-29-18-8-7-15(21)12-17(18)22;/h7-8,12,16H,4-6,9-11,13-14H2,1-3H3,(H2,23,24,25);1H. The Morgan fingerprint density at radius 3 is 2.77 bits per heavy atom. The molecule has 1 fully saturated rings. The van der Waals surface area contributed by atoms with Crippen molar-refractivity contribution in [3.8, 4) is 5.75 Å². The molecule has 0 radical (unpaired) electrons. The van der Waals surface area contributed by atoms with Crippen molar-refractivity contribution < 1.29 is 18.3 Å². The van der Waals surface area contributed by atoms with Crippen LogP contribution < -0.4 is 15.4 Å².